The van der Waals surface area contributed by atoms with Crippen LogP contribution in [0.2, 0.25) is 0 Å². The minimum Gasteiger partial charge on any atom is -0.455 e. The van der Waals surface area contributed by atoms with Crippen molar-refractivity contribution in [2.24, 2.45) is 5.92 Å². The van der Waals surface area contributed by atoms with Gasteiger partial charge in [-0.15, -0.1) is 0 Å². The Balaban J connectivity index is 1.49. The predicted molar refractivity (Wildman–Crippen MR) is 109 cm³/mol. The molecule has 3 amide bonds. The van der Waals surface area contributed by atoms with Gasteiger partial charge in [0.15, 0.2) is 6.61 Å². The number of benzene rings is 2. The highest BCUT2D eigenvalue weighted by Crippen LogP contribution is 2.18. The normalized spacial score (nSPS) is 15.6. The minimum atomic E-state index is -0.749. The number of anilines is 1. The van der Waals surface area contributed by atoms with Crippen molar-refractivity contribution < 1.29 is 23.9 Å². The van der Waals surface area contributed by atoms with Gasteiger partial charge in [0.2, 0.25) is 5.91 Å². The number of rotatable bonds is 6. The molecule has 1 heterocycles. The molecule has 0 saturated carbocycles. The molecule has 8 heteroatoms. The predicted octanol–water partition coefficient (Wildman–Crippen LogP) is 1.98. The third-order valence-electron chi connectivity index (χ3n) is 4.73. The van der Waals surface area contributed by atoms with Crippen molar-refractivity contribution in [3.63, 3.8) is 0 Å². The second-order valence-electron chi connectivity index (χ2n) is 7.19. The van der Waals surface area contributed by atoms with Crippen molar-refractivity contribution in [3.05, 3.63) is 65.2 Å². The largest absolute Gasteiger partial charge is 0.455 e. The highest BCUT2D eigenvalue weighted by Gasteiger charge is 2.36. The molecule has 30 heavy (non-hydrogen) atoms. The Morgan fingerprint density at radius 3 is 2.60 bits per heavy atom. The molecule has 0 spiro atoms. The molecule has 0 aromatic heterocycles. The number of amides is 3. The van der Waals surface area contributed by atoms with E-state index in [9.17, 15) is 19.2 Å². The standard InChI is InChI=1S/C22H23N3O5/c1-14-6-5-8-17(10-14)23-19(26)13-30-22(29)16-11-20(27)25(12-16)24-21(28)18-9-4-3-7-15(18)2/h3-10,16H,11-13H2,1-2H3,(H,23,26)(H,24,28)/t16-/m1/s1. The monoisotopic (exact) mass is 409 g/mol. The van der Waals surface area contributed by atoms with Gasteiger partial charge in [0.1, 0.15) is 0 Å². The van der Waals surface area contributed by atoms with Gasteiger partial charge in [-0.25, -0.2) is 0 Å². The number of hydrazine groups is 1. The van der Waals surface area contributed by atoms with Gasteiger partial charge < -0.3 is 10.1 Å². The summed E-state index contributed by atoms with van der Waals surface area (Å²) in [6, 6.07) is 14.2. The summed E-state index contributed by atoms with van der Waals surface area (Å²) in [6.45, 7) is 3.24. The number of carbonyl (C=O) groups excluding carboxylic acids is 4. The molecule has 1 fully saturated rings. The van der Waals surface area contributed by atoms with E-state index in [2.05, 4.69) is 10.7 Å². The fourth-order valence-electron chi connectivity index (χ4n) is 3.16. The highest BCUT2D eigenvalue weighted by atomic mass is 16.5. The summed E-state index contributed by atoms with van der Waals surface area (Å²) in [4.78, 5) is 48.8. The third kappa shape index (κ3) is 5.22. The fraction of sp³-hybridized carbons (Fsp3) is 0.273. The minimum absolute atomic E-state index is 0.00517. The van der Waals surface area contributed by atoms with E-state index in [1.165, 1.54) is 0 Å². The van der Waals surface area contributed by atoms with Gasteiger partial charge in [0.05, 0.1) is 12.5 Å². The fourth-order valence-corrected chi connectivity index (χ4v) is 3.16. The molecule has 1 aliphatic heterocycles. The second kappa shape index (κ2) is 9.21. The quantitative estimate of drug-likeness (QED) is 0.710. The van der Waals surface area contributed by atoms with Crippen LogP contribution in [0, 0.1) is 19.8 Å². The summed E-state index contributed by atoms with van der Waals surface area (Å²) in [7, 11) is 0. The van der Waals surface area contributed by atoms with Crippen molar-refractivity contribution in [2.75, 3.05) is 18.5 Å². The molecule has 0 aliphatic carbocycles. The Morgan fingerprint density at radius 2 is 1.87 bits per heavy atom. The van der Waals surface area contributed by atoms with Crippen LogP contribution in [-0.2, 0) is 19.1 Å². The average molecular weight is 409 g/mol. The maximum atomic E-state index is 12.4. The maximum absolute atomic E-state index is 12.4. The Morgan fingerprint density at radius 1 is 1.10 bits per heavy atom. The maximum Gasteiger partial charge on any atom is 0.311 e. The molecule has 1 aliphatic rings. The van der Waals surface area contributed by atoms with Gasteiger partial charge in [-0.05, 0) is 43.2 Å². The molecule has 0 unspecified atom stereocenters. The van der Waals surface area contributed by atoms with E-state index in [4.69, 9.17) is 4.74 Å². The summed E-state index contributed by atoms with van der Waals surface area (Å²) in [6.07, 6.45) is -0.0909. The van der Waals surface area contributed by atoms with Crippen LogP contribution in [-0.4, -0.2) is 41.9 Å². The summed E-state index contributed by atoms with van der Waals surface area (Å²) in [5.41, 5.74) is 5.35. The number of ether oxygens (including phenoxy) is 1. The van der Waals surface area contributed by atoms with E-state index in [0.29, 0.717) is 11.3 Å². The summed E-state index contributed by atoms with van der Waals surface area (Å²) >= 11 is 0. The second-order valence-corrected chi connectivity index (χ2v) is 7.19. The number of esters is 1. The third-order valence-corrected chi connectivity index (χ3v) is 4.73. The van der Waals surface area contributed by atoms with Crippen LogP contribution in [0.25, 0.3) is 0 Å². The first-order valence-corrected chi connectivity index (χ1v) is 9.53. The number of nitrogens with one attached hydrogen (secondary N) is 2. The molecule has 2 N–H and O–H groups in total. The van der Waals surface area contributed by atoms with Gasteiger partial charge in [-0.2, -0.15) is 0 Å². The number of hydrogen-bond acceptors (Lipinski definition) is 5. The molecule has 0 radical (unpaired) electrons. The van der Waals surface area contributed by atoms with Crippen molar-refractivity contribution in [2.45, 2.75) is 20.3 Å². The van der Waals surface area contributed by atoms with Crippen LogP contribution in [0.3, 0.4) is 0 Å². The van der Waals surface area contributed by atoms with E-state index in [0.717, 1.165) is 16.1 Å². The topological polar surface area (TPSA) is 105 Å². The first-order chi connectivity index (χ1) is 14.3. The van der Waals surface area contributed by atoms with Gasteiger partial charge in [0.25, 0.3) is 11.8 Å². The zero-order chi connectivity index (χ0) is 21.7. The molecule has 8 nitrogen and oxygen atoms in total. The van der Waals surface area contributed by atoms with E-state index >= 15 is 0 Å². The molecule has 0 bridgehead atoms. The van der Waals surface area contributed by atoms with Gasteiger partial charge >= 0.3 is 5.97 Å². The van der Waals surface area contributed by atoms with E-state index < -0.39 is 30.3 Å². The van der Waals surface area contributed by atoms with Crippen LogP contribution < -0.4 is 10.7 Å². The van der Waals surface area contributed by atoms with Crippen LogP contribution >= 0.6 is 0 Å². The van der Waals surface area contributed by atoms with Crippen molar-refractivity contribution in [3.8, 4) is 0 Å². The van der Waals surface area contributed by atoms with Crippen molar-refractivity contribution in [1.82, 2.24) is 10.4 Å². The lowest BCUT2D eigenvalue weighted by Crippen LogP contribution is -2.43. The molecule has 1 atom stereocenters. The number of carbonyl (C=O) groups is 4. The molecule has 2 aromatic rings. The first-order valence-electron chi connectivity index (χ1n) is 9.53. The number of hydrogen-bond donors (Lipinski definition) is 2. The van der Waals surface area contributed by atoms with Gasteiger partial charge in [-0.3, -0.25) is 29.6 Å². The molecule has 156 valence electrons. The van der Waals surface area contributed by atoms with E-state index in [1.807, 2.05) is 19.1 Å². The van der Waals surface area contributed by atoms with Crippen LogP contribution in [0.5, 0.6) is 0 Å². The van der Waals surface area contributed by atoms with Crippen molar-refractivity contribution in [1.29, 1.82) is 0 Å². The lowest BCUT2D eigenvalue weighted by atomic mass is 10.1. The zero-order valence-corrected chi connectivity index (χ0v) is 16.8. The average Bonchev–Trinajstić information content (AvgIpc) is 3.07. The first kappa shape index (κ1) is 21.0. The molecule has 1 saturated heterocycles. The van der Waals surface area contributed by atoms with Crippen LogP contribution in [0.15, 0.2) is 48.5 Å². The molecular formula is C22H23N3O5. The zero-order valence-electron chi connectivity index (χ0n) is 16.8. The SMILES string of the molecule is Cc1cccc(NC(=O)COC(=O)[C@@H]2CC(=O)N(NC(=O)c3ccccc3C)C2)c1. The molecular weight excluding hydrogens is 386 g/mol. The van der Waals surface area contributed by atoms with Crippen molar-refractivity contribution >= 4 is 29.4 Å². The van der Waals surface area contributed by atoms with Gasteiger partial charge in [0, 0.05) is 17.7 Å². The Kier molecular flexibility index (Phi) is 6.46. The summed E-state index contributed by atoms with van der Waals surface area (Å²) in [5.74, 6) is -2.68. The lowest BCUT2D eigenvalue weighted by Gasteiger charge is -2.18. The smallest absolute Gasteiger partial charge is 0.311 e. The van der Waals surface area contributed by atoms with E-state index in [1.54, 1.807) is 43.3 Å². The van der Waals surface area contributed by atoms with Gasteiger partial charge in [-0.1, -0.05) is 30.3 Å². The van der Waals surface area contributed by atoms with Crippen LogP contribution in [0.1, 0.15) is 27.9 Å². The van der Waals surface area contributed by atoms with E-state index in [-0.39, 0.29) is 18.9 Å². The number of aryl methyl sites for hydroxylation is 2. The molecule has 2 aromatic carbocycles. The summed E-state index contributed by atoms with van der Waals surface area (Å²) in [5, 5.41) is 3.76. The Hall–Kier alpha value is -3.68. The Labute approximate surface area is 174 Å². The lowest BCUT2D eigenvalue weighted by molar-refractivity contribution is -0.151. The molecule has 3 rings (SSSR count). The summed E-state index contributed by atoms with van der Waals surface area (Å²) < 4.78 is 5.05. The highest BCUT2D eigenvalue weighted by molar-refractivity contribution is 5.98. The number of nitrogens with zero attached hydrogens (tertiary/aromatic N) is 1. The Bertz CT molecular complexity index is 988. The van der Waals surface area contributed by atoms with Crippen LogP contribution in [0.4, 0.5) is 5.69 Å².